The molecule has 1 aromatic rings. The smallest absolute Gasteiger partial charge is 0.182 e. The van der Waals surface area contributed by atoms with Crippen LogP contribution in [0.15, 0.2) is 11.6 Å². The zero-order chi connectivity index (χ0) is 9.80. The Bertz CT molecular complexity index is 261. The molecular formula is C10H16N2S2. The summed E-state index contributed by atoms with van der Waals surface area (Å²) >= 11 is 3.79. The fraction of sp³-hybridized carbons (Fsp3) is 0.700. The van der Waals surface area contributed by atoms with Crippen LogP contribution in [0.3, 0.4) is 0 Å². The Balaban J connectivity index is 1.79. The van der Waals surface area contributed by atoms with Gasteiger partial charge in [-0.1, -0.05) is 6.92 Å². The minimum Gasteiger partial charge on any atom is -0.359 e. The van der Waals surface area contributed by atoms with E-state index in [1.165, 1.54) is 25.0 Å². The van der Waals surface area contributed by atoms with Gasteiger partial charge in [0.1, 0.15) is 0 Å². The summed E-state index contributed by atoms with van der Waals surface area (Å²) in [5.41, 5.74) is 0. The maximum Gasteiger partial charge on any atom is 0.182 e. The number of nitrogens with one attached hydrogen (secondary N) is 1. The molecule has 1 N–H and O–H groups in total. The molecule has 0 amide bonds. The molecule has 0 aromatic carbocycles. The lowest BCUT2D eigenvalue weighted by molar-refractivity contribution is 0.756. The fourth-order valence-electron chi connectivity index (χ4n) is 1.93. The van der Waals surface area contributed by atoms with Crippen molar-refractivity contribution in [2.45, 2.75) is 37.5 Å². The highest BCUT2D eigenvalue weighted by Gasteiger charge is 2.24. The van der Waals surface area contributed by atoms with E-state index in [0.29, 0.717) is 6.04 Å². The van der Waals surface area contributed by atoms with Crippen molar-refractivity contribution in [1.29, 1.82) is 0 Å². The molecule has 0 saturated heterocycles. The van der Waals surface area contributed by atoms with Gasteiger partial charge in [0, 0.05) is 22.9 Å². The maximum absolute atomic E-state index is 4.25. The minimum absolute atomic E-state index is 0.658. The van der Waals surface area contributed by atoms with E-state index in [2.05, 4.69) is 29.0 Å². The Morgan fingerprint density at radius 1 is 1.64 bits per heavy atom. The highest BCUT2D eigenvalue weighted by Crippen LogP contribution is 2.31. The van der Waals surface area contributed by atoms with E-state index in [0.717, 1.165) is 10.4 Å². The summed E-state index contributed by atoms with van der Waals surface area (Å²) in [6.07, 6.45) is 5.83. The maximum atomic E-state index is 4.25. The Hall–Kier alpha value is -0.220. The molecule has 4 heteroatoms. The molecule has 0 radical (unpaired) electrons. The van der Waals surface area contributed by atoms with E-state index in [-0.39, 0.29) is 0 Å². The predicted molar refractivity (Wildman–Crippen MR) is 65.3 cm³/mol. The van der Waals surface area contributed by atoms with Crippen molar-refractivity contribution in [3.8, 4) is 0 Å². The molecule has 1 saturated carbocycles. The van der Waals surface area contributed by atoms with Crippen LogP contribution in [0.25, 0.3) is 0 Å². The Morgan fingerprint density at radius 2 is 2.57 bits per heavy atom. The lowest BCUT2D eigenvalue weighted by atomic mass is 10.3. The fourth-order valence-corrected chi connectivity index (χ4v) is 3.68. The number of thiazole rings is 1. The first-order chi connectivity index (χ1) is 6.88. The van der Waals surface area contributed by atoms with E-state index in [1.54, 1.807) is 11.3 Å². The second kappa shape index (κ2) is 5.03. The largest absolute Gasteiger partial charge is 0.359 e. The molecule has 0 spiro atoms. The third-order valence-electron chi connectivity index (χ3n) is 2.55. The van der Waals surface area contributed by atoms with Gasteiger partial charge in [0.25, 0.3) is 0 Å². The molecule has 1 aliphatic carbocycles. The molecule has 78 valence electrons. The second-order valence-corrected chi connectivity index (χ2v) is 6.04. The number of rotatable bonds is 4. The van der Waals surface area contributed by atoms with Crippen LogP contribution in [0.5, 0.6) is 0 Å². The first kappa shape index (κ1) is 10.3. The lowest BCUT2D eigenvalue weighted by Gasteiger charge is -2.11. The Labute approximate surface area is 93.5 Å². The number of hydrogen-bond acceptors (Lipinski definition) is 4. The molecule has 1 heterocycles. The first-order valence-electron chi connectivity index (χ1n) is 5.16. The standard InChI is InChI=1S/C10H16N2S2/c1-2-13-9-4-3-8(7-9)12-10-11-5-6-14-10/h5-6,8-9H,2-4,7H2,1H3,(H,11,12). The molecular weight excluding hydrogens is 212 g/mol. The van der Waals surface area contributed by atoms with Crippen LogP contribution in [-0.2, 0) is 0 Å². The summed E-state index contributed by atoms with van der Waals surface area (Å²) in [5, 5.41) is 7.48. The van der Waals surface area contributed by atoms with Gasteiger partial charge in [-0.2, -0.15) is 11.8 Å². The third-order valence-corrected chi connectivity index (χ3v) is 4.48. The van der Waals surface area contributed by atoms with Crippen LogP contribution in [0.2, 0.25) is 0 Å². The lowest BCUT2D eigenvalue weighted by Crippen LogP contribution is -2.15. The molecule has 1 fully saturated rings. The Kier molecular flexibility index (Phi) is 3.70. The van der Waals surface area contributed by atoms with E-state index < -0.39 is 0 Å². The molecule has 2 nitrogen and oxygen atoms in total. The van der Waals surface area contributed by atoms with Gasteiger partial charge in [-0.25, -0.2) is 4.98 Å². The number of aromatic nitrogens is 1. The van der Waals surface area contributed by atoms with Gasteiger partial charge in [0.15, 0.2) is 5.13 Å². The molecule has 2 unspecified atom stereocenters. The van der Waals surface area contributed by atoms with Crippen molar-refractivity contribution < 1.29 is 0 Å². The van der Waals surface area contributed by atoms with E-state index in [4.69, 9.17) is 0 Å². The third kappa shape index (κ3) is 2.64. The van der Waals surface area contributed by atoms with Crippen molar-refractivity contribution in [1.82, 2.24) is 4.98 Å². The van der Waals surface area contributed by atoms with Gasteiger partial charge in [-0.3, -0.25) is 0 Å². The van der Waals surface area contributed by atoms with Crippen LogP contribution in [-0.4, -0.2) is 22.0 Å². The second-order valence-electron chi connectivity index (χ2n) is 3.57. The number of thioether (sulfide) groups is 1. The predicted octanol–water partition coefficient (Wildman–Crippen LogP) is 3.23. The van der Waals surface area contributed by atoms with Crippen molar-refractivity contribution in [3.05, 3.63) is 11.6 Å². The molecule has 2 rings (SSSR count). The molecule has 1 aliphatic rings. The average Bonchev–Trinajstić information content (AvgIpc) is 2.79. The monoisotopic (exact) mass is 228 g/mol. The van der Waals surface area contributed by atoms with Crippen LogP contribution in [0, 0.1) is 0 Å². The highest BCUT2D eigenvalue weighted by atomic mass is 32.2. The quantitative estimate of drug-likeness (QED) is 0.856. The summed E-state index contributed by atoms with van der Waals surface area (Å²) < 4.78 is 0. The molecule has 1 aromatic heterocycles. The van der Waals surface area contributed by atoms with Crippen LogP contribution < -0.4 is 5.32 Å². The number of nitrogens with zero attached hydrogens (tertiary/aromatic N) is 1. The first-order valence-corrected chi connectivity index (χ1v) is 7.09. The molecule has 2 atom stereocenters. The van der Waals surface area contributed by atoms with Gasteiger partial charge < -0.3 is 5.32 Å². The summed E-state index contributed by atoms with van der Waals surface area (Å²) in [6, 6.07) is 0.658. The molecule has 0 bridgehead atoms. The van der Waals surface area contributed by atoms with Crippen molar-refractivity contribution in [3.63, 3.8) is 0 Å². The average molecular weight is 228 g/mol. The van der Waals surface area contributed by atoms with Gasteiger partial charge >= 0.3 is 0 Å². The zero-order valence-corrected chi connectivity index (χ0v) is 10.0. The van der Waals surface area contributed by atoms with Crippen LogP contribution in [0.1, 0.15) is 26.2 Å². The van der Waals surface area contributed by atoms with Crippen LogP contribution >= 0.6 is 23.1 Å². The SMILES string of the molecule is CCSC1CCC(Nc2nccs2)C1. The summed E-state index contributed by atoms with van der Waals surface area (Å²) in [6.45, 7) is 2.24. The topological polar surface area (TPSA) is 24.9 Å². The van der Waals surface area contributed by atoms with E-state index in [9.17, 15) is 0 Å². The summed E-state index contributed by atoms with van der Waals surface area (Å²) in [5.74, 6) is 1.24. The van der Waals surface area contributed by atoms with Crippen molar-refractivity contribution in [2.75, 3.05) is 11.1 Å². The Morgan fingerprint density at radius 3 is 3.29 bits per heavy atom. The highest BCUT2D eigenvalue weighted by molar-refractivity contribution is 7.99. The zero-order valence-electron chi connectivity index (χ0n) is 8.40. The number of hydrogen-bond donors (Lipinski definition) is 1. The van der Waals surface area contributed by atoms with Crippen molar-refractivity contribution >= 4 is 28.2 Å². The van der Waals surface area contributed by atoms with Gasteiger partial charge in [0.05, 0.1) is 0 Å². The van der Waals surface area contributed by atoms with E-state index >= 15 is 0 Å². The van der Waals surface area contributed by atoms with Gasteiger partial charge in [-0.05, 0) is 25.0 Å². The normalized spacial score (nSPS) is 26.6. The van der Waals surface area contributed by atoms with E-state index in [1.807, 2.05) is 11.6 Å². The summed E-state index contributed by atoms with van der Waals surface area (Å²) in [4.78, 5) is 4.25. The van der Waals surface area contributed by atoms with Gasteiger partial charge in [0.2, 0.25) is 0 Å². The number of anilines is 1. The summed E-state index contributed by atoms with van der Waals surface area (Å²) in [7, 11) is 0. The molecule has 0 aliphatic heterocycles. The van der Waals surface area contributed by atoms with Crippen LogP contribution in [0.4, 0.5) is 5.13 Å². The van der Waals surface area contributed by atoms with Gasteiger partial charge in [-0.15, -0.1) is 11.3 Å². The minimum atomic E-state index is 0.658. The molecule has 14 heavy (non-hydrogen) atoms. The van der Waals surface area contributed by atoms with Crippen molar-refractivity contribution in [2.24, 2.45) is 0 Å².